The largest absolute Gasteiger partial charge is 0.481 e. The van der Waals surface area contributed by atoms with Gasteiger partial charge in [-0.05, 0) is 48.2 Å². The van der Waals surface area contributed by atoms with Crippen molar-refractivity contribution in [2.45, 2.75) is 63.8 Å². The van der Waals surface area contributed by atoms with E-state index in [0.29, 0.717) is 23.0 Å². The minimum absolute atomic E-state index is 0.0844. The number of benzene rings is 2. The molecule has 1 aliphatic heterocycles. The number of amides is 1. The number of carboxylic acids is 1. The lowest BCUT2D eigenvalue weighted by molar-refractivity contribution is -0.157. The maximum absolute atomic E-state index is 13.9. The molecular weight excluding hydrogens is 473 g/mol. The van der Waals surface area contributed by atoms with Crippen LogP contribution in [0.1, 0.15) is 49.3 Å². The Morgan fingerprint density at radius 1 is 1.09 bits per heavy atom. The van der Waals surface area contributed by atoms with Gasteiger partial charge in [0.1, 0.15) is 0 Å². The monoisotopic (exact) mass is 505 g/mol. The molecule has 0 saturated carbocycles. The summed E-state index contributed by atoms with van der Waals surface area (Å²) in [7, 11) is -1.29. The van der Waals surface area contributed by atoms with Gasteiger partial charge in [0.05, 0.1) is 17.9 Å². The molecule has 1 N–H and O–H groups in total. The number of carbonyl (C=O) groups excluding carboxylic acids is 1. The molecule has 1 aliphatic rings. The fourth-order valence-electron chi connectivity index (χ4n) is 4.99. The van der Waals surface area contributed by atoms with E-state index in [1.54, 1.807) is 6.92 Å². The lowest BCUT2D eigenvalue weighted by Gasteiger charge is -2.49. The molecule has 7 heteroatoms. The normalized spacial score (nSPS) is 23.6. The number of nitrogens with zero attached hydrogens (tertiary/aromatic N) is 1. The van der Waals surface area contributed by atoms with Gasteiger partial charge in [0.15, 0.2) is 0 Å². The maximum atomic E-state index is 13.9. The topological polar surface area (TPSA) is 57.6 Å². The zero-order chi connectivity index (χ0) is 24.4. The van der Waals surface area contributed by atoms with Gasteiger partial charge in [-0.25, -0.2) is 0 Å². The molecule has 0 spiro atoms. The zero-order valence-corrected chi connectivity index (χ0v) is 22.3. The molecule has 1 saturated heterocycles. The van der Waals surface area contributed by atoms with Crippen molar-refractivity contribution in [3.05, 3.63) is 69.7 Å². The molecule has 2 aromatic carbocycles. The van der Waals surface area contributed by atoms with Gasteiger partial charge >= 0.3 is 5.97 Å². The van der Waals surface area contributed by atoms with Crippen LogP contribution in [0.2, 0.25) is 35.7 Å². The highest BCUT2D eigenvalue weighted by molar-refractivity contribution is 6.76. The quantitative estimate of drug-likeness (QED) is 0.384. The molecule has 3 atom stereocenters. The van der Waals surface area contributed by atoms with Crippen LogP contribution in [-0.4, -0.2) is 36.5 Å². The first-order valence-corrected chi connectivity index (χ1v) is 15.9. The van der Waals surface area contributed by atoms with E-state index in [1.807, 2.05) is 53.4 Å². The van der Waals surface area contributed by atoms with Crippen LogP contribution in [0.3, 0.4) is 0 Å². The Morgan fingerprint density at radius 2 is 1.76 bits per heavy atom. The summed E-state index contributed by atoms with van der Waals surface area (Å²) in [5.41, 5.74) is 1.03. The van der Waals surface area contributed by atoms with Gasteiger partial charge in [0, 0.05) is 30.6 Å². The van der Waals surface area contributed by atoms with E-state index >= 15 is 0 Å². The van der Waals surface area contributed by atoms with Gasteiger partial charge in [0.25, 0.3) is 0 Å². The van der Waals surface area contributed by atoms with Crippen LogP contribution < -0.4 is 0 Å². The minimum Gasteiger partial charge on any atom is -0.481 e. The molecule has 0 radical (unpaired) electrons. The lowest BCUT2D eigenvalue weighted by atomic mass is 9.67. The number of carboxylic acid groups (broad SMARTS) is 1. The highest BCUT2D eigenvalue weighted by Gasteiger charge is 2.50. The fourth-order valence-corrected chi connectivity index (χ4v) is 6.53. The summed E-state index contributed by atoms with van der Waals surface area (Å²) >= 11 is 12.5. The molecule has 33 heavy (non-hydrogen) atoms. The number of hydrogen-bond donors (Lipinski definition) is 1. The Kier molecular flexibility index (Phi) is 7.98. The number of likely N-dealkylation sites (tertiary alicyclic amines) is 1. The average molecular weight is 507 g/mol. The Balaban J connectivity index is 2.10. The van der Waals surface area contributed by atoms with E-state index in [1.165, 1.54) is 0 Å². The van der Waals surface area contributed by atoms with Gasteiger partial charge in [-0.15, -0.1) is 0 Å². The lowest BCUT2D eigenvalue weighted by Crippen LogP contribution is -2.52. The van der Waals surface area contributed by atoms with Crippen LogP contribution in [0.5, 0.6) is 0 Å². The smallest absolute Gasteiger partial charge is 0.304 e. The van der Waals surface area contributed by atoms with E-state index in [9.17, 15) is 14.7 Å². The van der Waals surface area contributed by atoms with E-state index in [0.717, 1.165) is 23.6 Å². The predicted molar refractivity (Wildman–Crippen MR) is 138 cm³/mol. The van der Waals surface area contributed by atoms with Crippen molar-refractivity contribution in [2.24, 2.45) is 5.41 Å². The van der Waals surface area contributed by atoms with Gasteiger partial charge in [-0.2, -0.15) is 0 Å². The number of halogens is 2. The fraction of sp³-hybridized carbons (Fsp3) is 0.462. The van der Waals surface area contributed by atoms with Crippen LogP contribution in [-0.2, 0) is 9.59 Å². The van der Waals surface area contributed by atoms with Crippen molar-refractivity contribution in [2.75, 3.05) is 6.54 Å². The van der Waals surface area contributed by atoms with Crippen molar-refractivity contribution in [1.82, 2.24) is 4.90 Å². The molecule has 0 aliphatic carbocycles. The number of carbonyl (C=O) groups is 2. The highest BCUT2D eigenvalue weighted by Crippen LogP contribution is 2.51. The van der Waals surface area contributed by atoms with Crippen molar-refractivity contribution in [3.63, 3.8) is 0 Å². The molecule has 4 nitrogen and oxygen atoms in total. The summed E-state index contributed by atoms with van der Waals surface area (Å²) < 4.78 is 0. The summed E-state index contributed by atoms with van der Waals surface area (Å²) in [6.07, 6.45) is 1.15. The molecule has 1 unspecified atom stereocenters. The molecule has 0 bridgehead atoms. The van der Waals surface area contributed by atoms with E-state index in [2.05, 4.69) is 19.6 Å². The van der Waals surface area contributed by atoms with Gasteiger partial charge in [0.2, 0.25) is 5.91 Å². The van der Waals surface area contributed by atoms with Gasteiger partial charge < -0.3 is 10.0 Å². The van der Waals surface area contributed by atoms with E-state index in [-0.39, 0.29) is 24.3 Å². The Hall–Kier alpha value is -1.82. The maximum Gasteiger partial charge on any atom is 0.304 e. The third-order valence-electron chi connectivity index (χ3n) is 6.52. The average Bonchev–Trinajstić information content (AvgIpc) is 2.70. The van der Waals surface area contributed by atoms with Crippen LogP contribution in [0, 0.1) is 5.41 Å². The summed E-state index contributed by atoms with van der Waals surface area (Å²) in [5.74, 6) is -1.12. The van der Waals surface area contributed by atoms with Gasteiger partial charge in [-0.1, -0.05) is 80.1 Å². The highest BCUT2D eigenvalue weighted by atomic mass is 35.5. The van der Waals surface area contributed by atoms with Crippen LogP contribution in [0.25, 0.3) is 0 Å². The second kappa shape index (κ2) is 10.2. The molecule has 1 heterocycles. The Morgan fingerprint density at radius 3 is 2.33 bits per heavy atom. The second-order valence-corrected chi connectivity index (χ2v) is 17.2. The van der Waals surface area contributed by atoms with Crippen molar-refractivity contribution in [3.8, 4) is 0 Å². The zero-order valence-electron chi connectivity index (χ0n) is 19.8. The van der Waals surface area contributed by atoms with Crippen molar-refractivity contribution >= 4 is 43.2 Å². The number of aliphatic carboxylic acids is 1. The Bertz CT molecular complexity index is 1010. The third-order valence-corrected chi connectivity index (χ3v) is 8.86. The van der Waals surface area contributed by atoms with Crippen molar-refractivity contribution in [1.29, 1.82) is 0 Å². The molecule has 178 valence electrons. The summed E-state index contributed by atoms with van der Waals surface area (Å²) in [6, 6.07) is 16.2. The summed E-state index contributed by atoms with van der Waals surface area (Å²) in [5, 5.41) is 10.9. The van der Waals surface area contributed by atoms with Crippen LogP contribution >= 0.6 is 23.2 Å². The molecule has 1 fully saturated rings. The van der Waals surface area contributed by atoms with Crippen molar-refractivity contribution < 1.29 is 14.7 Å². The second-order valence-electron chi connectivity index (χ2n) is 10.7. The standard InChI is InChI=1S/C26H33Cl2NO3Si/c1-26(17-23(30)31)16-22(19-7-5-8-21(28)15-19)24(18-9-11-20(27)12-10-18)29(25(26)32)13-6-14-33(2,3)4/h5,7-12,15,22,24H,6,13-14,16-17H2,1-4H3,(H,30,31)/t22?,24-,26-/m1/s1. The molecule has 0 aromatic heterocycles. The first-order chi connectivity index (χ1) is 15.4. The minimum atomic E-state index is -1.29. The van der Waals surface area contributed by atoms with Crippen LogP contribution in [0.4, 0.5) is 0 Å². The van der Waals surface area contributed by atoms with E-state index < -0.39 is 19.5 Å². The Labute approximate surface area is 207 Å². The summed E-state index contributed by atoms with van der Waals surface area (Å²) in [4.78, 5) is 27.5. The number of piperidine rings is 1. The predicted octanol–water partition coefficient (Wildman–Crippen LogP) is 7.26. The first-order valence-electron chi connectivity index (χ1n) is 11.4. The number of rotatable bonds is 8. The molecule has 3 rings (SSSR count). The number of hydrogen-bond acceptors (Lipinski definition) is 2. The molecule has 2 aromatic rings. The summed E-state index contributed by atoms with van der Waals surface area (Å²) in [6.45, 7) is 9.37. The first kappa shape index (κ1) is 25.8. The SMILES string of the molecule is C[C@]1(CC(=O)O)CC(c2cccc(Cl)c2)[C@@H](c2ccc(Cl)cc2)N(CCC[Si](C)(C)C)C1=O. The molecular formula is C26H33Cl2NO3Si. The third kappa shape index (κ3) is 6.40. The molecule has 1 amide bonds. The van der Waals surface area contributed by atoms with E-state index in [4.69, 9.17) is 23.2 Å². The van der Waals surface area contributed by atoms with Crippen LogP contribution in [0.15, 0.2) is 48.5 Å². The van der Waals surface area contributed by atoms with Gasteiger partial charge in [-0.3, -0.25) is 9.59 Å².